The van der Waals surface area contributed by atoms with E-state index in [1.165, 1.54) is 34.4 Å². The maximum Gasteiger partial charge on any atom is 0.413 e. The van der Waals surface area contributed by atoms with E-state index in [2.05, 4.69) is 25.5 Å². The van der Waals surface area contributed by atoms with Gasteiger partial charge in [0.2, 0.25) is 5.13 Å². The standard InChI is InChI=1S/C16H18N6O4S3/c1-4-25-13(23)10-7(3)9-11(17)18-8(19-12(9)28-10)6-27-16-22-21-14(29-16)20-15(24)26-5-2/h4-6H2,1-3H3,(H2,17,18,19)(H,20,21,24). The lowest BCUT2D eigenvalue weighted by Gasteiger charge is -2.02. The molecule has 0 spiro atoms. The monoisotopic (exact) mass is 454 g/mol. The lowest BCUT2D eigenvalue weighted by Crippen LogP contribution is -2.12. The van der Waals surface area contributed by atoms with E-state index in [9.17, 15) is 9.59 Å². The molecule has 1 amide bonds. The third-order valence-electron chi connectivity index (χ3n) is 3.54. The lowest BCUT2D eigenvalue weighted by atomic mass is 10.2. The van der Waals surface area contributed by atoms with E-state index in [0.29, 0.717) is 48.6 Å². The molecule has 3 N–H and O–H groups in total. The molecule has 13 heteroatoms. The fourth-order valence-corrected chi connectivity index (χ4v) is 5.07. The molecule has 3 aromatic heterocycles. The van der Waals surface area contributed by atoms with Crippen LogP contribution in [0, 0.1) is 6.92 Å². The molecule has 0 bridgehead atoms. The number of aryl methyl sites for hydroxylation is 1. The van der Waals surface area contributed by atoms with Crippen molar-refractivity contribution in [1.29, 1.82) is 0 Å². The number of esters is 1. The zero-order valence-electron chi connectivity index (χ0n) is 15.8. The number of fused-ring (bicyclic) bond motifs is 1. The SMILES string of the molecule is CCOC(=O)Nc1nnc(SCc2nc(N)c3c(C)c(C(=O)OCC)sc3n2)s1. The number of thiophene rings is 1. The van der Waals surface area contributed by atoms with Crippen molar-refractivity contribution in [3.05, 3.63) is 16.3 Å². The first kappa shape index (κ1) is 21.2. The molecule has 3 aromatic rings. The third-order valence-corrected chi connectivity index (χ3v) is 6.67. The second-order valence-corrected chi connectivity index (χ2v) is 8.69. The van der Waals surface area contributed by atoms with Crippen LogP contribution in [0.1, 0.15) is 34.9 Å². The topological polar surface area (TPSA) is 142 Å². The Morgan fingerprint density at radius 1 is 1.14 bits per heavy atom. The summed E-state index contributed by atoms with van der Waals surface area (Å²) in [5, 5.41) is 11.4. The second-order valence-electron chi connectivity index (χ2n) is 5.49. The first-order valence-electron chi connectivity index (χ1n) is 8.55. The summed E-state index contributed by atoms with van der Waals surface area (Å²) in [6, 6.07) is 0. The number of nitrogens with one attached hydrogen (secondary N) is 1. The summed E-state index contributed by atoms with van der Waals surface area (Å²) in [6.07, 6.45) is -0.577. The highest BCUT2D eigenvalue weighted by Crippen LogP contribution is 2.34. The number of nitrogens with zero attached hydrogens (tertiary/aromatic N) is 4. The van der Waals surface area contributed by atoms with Crippen molar-refractivity contribution in [2.75, 3.05) is 24.3 Å². The molecule has 154 valence electrons. The molecule has 3 heterocycles. The van der Waals surface area contributed by atoms with Crippen molar-refractivity contribution in [3.63, 3.8) is 0 Å². The highest BCUT2D eigenvalue weighted by molar-refractivity contribution is 8.00. The lowest BCUT2D eigenvalue weighted by molar-refractivity contribution is 0.0531. The fourth-order valence-electron chi connectivity index (χ4n) is 2.37. The van der Waals surface area contributed by atoms with Crippen molar-refractivity contribution in [1.82, 2.24) is 20.2 Å². The van der Waals surface area contributed by atoms with E-state index < -0.39 is 6.09 Å². The Labute approximate surface area is 178 Å². The number of rotatable bonds is 7. The number of anilines is 2. The van der Waals surface area contributed by atoms with Crippen molar-refractivity contribution < 1.29 is 19.1 Å². The number of hydrogen-bond acceptors (Lipinski definition) is 12. The average Bonchev–Trinajstić information content (AvgIpc) is 3.25. The van der Waals surface area contributed by atoms with E-state index in [-0.39, 0.29) is 12.6 Å². The summed E-state index contributed by atoms with van der Waals surface area (Å²) >= 11 is 3.81. The second kappa shape index (κ2) is 9.33. The first-order valence-corrected chi connectivity index (χ1v) is 11.2. The Kier molecular flexibility index (Phi) is 6.82. The molecule has 10 nitrogen and oxygen atoms in total. The summed E-state index contributed by atoms with van der Waals surface area (Å²) in [7, 11) is 0. The van der Waals surface area contributed by atoms with Crippen LogP contribution in [0.4, 0.5) is 15.7 Å². The maximum atomic E-state index is 12.1. The van der Waals surface area contributed by atoms with E-state index >= 15 is 0 Å². The van der Waals surface area contributed by atoms with Gasteiger partial charge in [-0.25, -0.2) is 19.6 Å². The van der Waals surface area contributed by atoms with Crippen molar-refractivity contribution >= 4 is 67.7 Å². The minimum Gasteiger partial charge on any atom is -0.462 e. The fraction of sp³-hybridized carbons (Fsp3) is 0.375. The van der Waals surface area contributed by atoms with Gasteiger partial charge >= 0.3 is 12.1 Å². The molecular weight excluding hydrogens is 436 g/mol. The Balaban J connectivity index is 1.73. The highest BCUT2D eigenvalue weighted by Gasteiger charge is 2.20. The summed E-state index contributed by atoms with van der Waals surface area (Å²) in [5.41, 5.74) is 6.83. The molecule has 0 atom stereocenters. The molecule has 0 saturated carbocycles. The summed E-state index contributed by atoms with van der Waals surface area (Å²) in [4.78, 5) is 33.5. The van der Waals surface area contributed by atoms with Gasteiger partial charge in [-0.1, -0.05) is 23.1 Å². The van der Waals surface area contributed by atoms with Gasteiger partial charge in [-0.05, 0) is 26.3 Å². The van der Waals surface area contributed by atoms with Gasteiger partial charge in [-0.3, -0.25) is 5.32 Å². The van der Waals surface area contributed by atoms with Crippen LogP contribution < -0.4 is 11.1 Å². The van der Waals surface area contributed by atoms with E-state index in [1.807, 2.05) is 0 Å². The summed E-state index contributed by atoms with van der Waals surface area (Å²) in [6.45, 7) is 5.84. The average molecular weight is 455 g/mol. The number of carbonyl (C=O) groups excluding carboxylic acids is 2. The van der Waals surface area contributed by atoms with Gasteiger partial charge in [0.1, 0.15) is 21.3 Å². The number of nitrogens with two attached hydrogens (primary N) is 1. The van der Waals surface area contributed by atoms with Crippen molar-refractivity contribution in [3.8, 4) is 0 Å². The van der Waals surface area contributed by atoms with Crippen molar-refractivity contribution in [2.24, 2.45) is 0 Å². The zero-order valence-corrected chi connectivity index (χ0v) is 18.3. The molecule has 0 fully saturated rings. The maximum absolute atomic E-state index is 12.1. The van der Waals surface area contributed by atoms with Crippen molar-refractivity contribution in [2.45, 2.75) is 30.9 Å². The normalized spacial score (nSPS) is 10.9. The Hall–Kier alpha value is -2.51. The van der Waals surface area contributed by atoms with Gasteiger partial charge < -0.3 is 15.2 Å². The predicted molar refractivity (Wildman–Crippen MR) is 113 cm³/mol. The van der Waals surface area contributed by atoms with Gasteiger partial charge in [0, 0.05) is 0 Å². The summed E-state index contributed by atoms with van der Waals surface area (Å²) < 4.78 is 10.5. The van der Waals surface area contributed by atoms with Crippen LogP contribution >= 0.6 is 34.4 Å². The van der Waals surface area contributed by atoms with Crippen LogP contribution in [-0.4, -0.2) is 45.4 Å². The molecule has 0 aliphatic carbocycles. The molecule has 29 heavy (non-hydrogen) atoms. The van der Waals surface area contributed by atoms with Gasteiger partial charge in [-0.2, -0.15) is 0 Å². The van der Waals surface area contributed by atoms with Crippen LogP contribution in [0.15, 0.2) is 4.34 Å². The number of nitrogen functional groups attached to an aromatic ring is 1. The van der Waals surface area contributed by atoms with E-state index in [4.69, 9.17) is 15.2 Å². The van der Waals surface area contributed by atoms with Gasteiger partial charge in [-0.15, -0.1) is 21.5 Å². The largest absolute Gasteiger partial charge is 0.462 e. The molecular formula is C16H18N6O4S3. The first-order chi connectivity index (χ1) is 13.9. The molecule has 0 aliphatic rings. The number of carbonyl (C=O) groups is 2. The number of ether oxygens (including phenoxy) is 2. The smallest absolute Gasteiger partial charge is 0.413 e. The minimum atomic E-state index is -0.577. The van der Waals surface area contributed by atoms with Gasteiger partial charge in [0.05, 0.1) is 24.4 Å². The molecule has 0 unspecified atom stereocenters. The van der Waals surface area contributed by atoms with E-state index in [1.54, 1.807) is 20.8 Å². The molecule has 0 saturated heterocycles. The number of thioether (sulfide) groups is 1. The van der Waals surface area contributed by atoms with Crippen LogP contribution in [0.3, 0.4) is 0 Å². The van der Waals surface area contributed by atoms with Crippen LogP contribution in [0.25, 0.3) is 10.2 Å². The van der Waals surface area contributed by atoms with Crippen LogP contribution in [0.2, 0.25) is 0 Å². The van der Waals surface area contributed by atoms with Crippen LogP contribution in [-0.2, 0) is 15.2 Å². The summed E-state index contributed by atoms with van der Waals surface area (Å²) in [5.74, 6) is 0.835. The van der Waals surface area contributed by atoms with E-state index in [0.717, 1.165) is 5.56 Å². The Morgan fingerprint density at radius 3 is 2.62 bits per heavy atom. The Bertz CT molecular complexity index is 1050. The highest BCUT2D eigenvalue weighted by atomic mass is 32.2. The predicted octanol–water partition coefficient (Wildman–Crippen LogP) is 3.47. The number of amides is 1. The van der Waals surface area contributed by atoms with Gasteiger partial charge in [0.25, 0.3) is 0 Å². The number of hydrogen-bond donors (Lipinski definition) is 2. The minimum absolute atomic E-state index is 0.271. The zero-order chi connectivity index (χ0) is 21.0. The quantitative estimate of drug-likeness (QED) is 0.309. The van der Waals surface area contributed by atoms with Gasteiger partial charge in [0.15, 0.2) is 4.34 Å². The molecule has 3 rings (SSSR count). The van der Waals surface area contributed by atoms with Crippen LogP contribution in [0.5, 0.6) is 0 Å². The third kappa shape index (κ3) is 4.92. The molecule has 0 radical (unpaired) electrons. The Morgan fingerprint density at radius 2 is 1.90 bits per heavy atom. The number of aromatic nitrogens is 4. The molecule has 0 aromatic carbocycles. The molecule has 0 aliphatic heterocycles.